The molecular formula is C20H28N12O8S2. The van der Waals surface area contributed by atoms with Gasteiger partial charge in [0.25, 0.3) is 11.8 Å². The minimum absolute atomic E-state index is 0.0294. The van der Waals surface area contributed by atoms with E-state index in [-0.39, 0.29) is 47.0 Å². The average Bonchev–Trinajstić information content (AvgIpc) is 3.38. The zero-order chi connectivity index (χ0) is 30.7. The molecule has 0 spiro atoms. The molecule has 22 heteroatoms. The molecule has 1 saturated carbocycles. The summed E-state index contributed by atoms with van der Waals surface area (Å²) in [7, 11) is -5.02. The third kappa shape index (κ3) is 6.89. The Bertz CT molecular complexity index is 1520. The summed E-state index contributed by atoms with van der Waals surface area (Å²) in [6.45, 7) is 0.676. The monoisotopic (exact) mass is 628 g/mol. The number of nitrogens with two attached hydrogens (primary N) is 3. The third-order valence-corrected chi connectivity index (χ3v) is 7.74. The van der Waals surface area contributed by atoms with Crippen molar-refractivity contribution in [3.05, 3.63) is 23.0 Å². The van der Waals surface area contributed by atoms with Gasteiger partial charge in [-0.25, -0.2) is 19.1 Å². The van der Waals surface area contributed by atoms with Crippen LogP contribution < -0.4 is 27.8 Å². The Morgan fingerprint density at radius 2 is 2.07 bits per heavy atom. The molecular weight excluding hydrogens is 600 g/mol. The van der Waals surface area contributed by atoms with Gasteiger partial charge in [-0.15, -0.1) is 11.3 Å². The fourth-order valence-corrected chi connectivity index (χ4v) is 5.16. The number of carbonyl (C=O) groups is 3. The number of guanidine groups is 1. The predicted octanol–water partition coefficient (Wildman–Crippen LogP) is -3.39. The molecule has 1 saturated heterocycles. The molecule has 2 aromatic rings. The number of nitrogens with zero attached hydrogens (tertiary/aromatic N) is 7. The normalized spacial score (nSPS) is 20.1. The van der Waals surface area contributed by atoms with E-state index in [1.54, 1.807) is 0 Å². The van der Waals surface area contributed by atoms with Crippen LogP contribution in [0.5, 0.6) is 0 Å². The molecule has 42 heavy (non-hydrogen) atoms. The largest absolute Gasteiger partial charge is 0.478 e. The van der Waals surface area contributed by atoms with Crippen LogP contribution >= 0.6 is 11.3 Å². The molecule has 2 fully saturated rings. The van der Waals surface area contributed by atoms with Gasteiger partial charge in [-0.05, 0) is 13.0 Å². The number of thiazole rings is 1. The number of anilines is 1. The zero-order valence-corrected chi connectivity index (χ0v) is 23.4. The Morgan fingerprint density at radius 1 is 1.33 bits per heavy atom. The summed E-state index contributed by atoms with van der Waals surface area (Å²) in [6.07, 6.45) is 2.35. The van der Waals surface area contributed by atoms with Crippen LogP contribution in [0.1, 0.15) is 30.7 Å². The highest BCUT2D eigenvalue weighted by Crippen LogP contribution is 2.40. The Kier molecular flexibility index (Phi) is 8.89. The Balaban J connectivity index is 1.50. The van der Waals surface area contributed by atoms with Crippen LogP contribution in [0, 0.1) is 0 Å². The molecule has 2 aromatic heterocycles. The first kappa shape index (κ1) is 30.5. The summed E-state index contributed by atoms with van der Waals surface area (Å²) in [5.74, 6) is -3.31. The van der Waals surface area contributed by atoms with Gasteiger partial charge in [0.15, 0.2) is 16.8 Å². The van der Waals surface area contributed by atoms with E-state index in [0.29, 0.717) is 25.2 Å². The number of aliphatic imine (C=N–C) groups is 1. The molecule has 2 atom stereocenters. The number of amides is 2. The number of nitrogen functional groups attached to an aromatic ring is 1. The molecule has 0 aromatic carbocycles. The molecule has 0 radical (unpaired) electrons. The number of nitrogens with one attached hydrogen (secondary N) is 2. The number of hydrogen-bond acceptors (Lipinski definition) is 14. The fraction of sp³-hybridized carbons (Fsp3) is 0.500. The molecule has 20 nitrogen and oxygen atoms in total. The van der Waals surface area contributed by atoms with Crippen LogP contribution in [0.4, 0.5) is 5.13 Å². The maximum absolute atomic E-state index is 13.2. The van der Waals surface area contributed by atoms with E-state index in [9.17, 15) is 32.5 Å². The number of aromatic nitrogens is 4. The highest BCUT2D eigenvalue weighted by Gasteiger charge is 2.56. The predicted molar refractivity (Wildman–Crippen MR) is 145 cm³/mol. The van der Waals surface area contributed by atoms with Crippen molar-refractivity contribution < 1.29 is 37.3 Å². The first-order valence-corrected chi connectivity index (χ1v) is 14.6. The molecule has 3 heterocycles. The Labute approximate surface area is 241 Å². The summed E-state index contributed by atoms with van der Waals surface area (Å²) in [6, 6.07) is -2.83. The van der Waals surface area contributed by atoms with Crippen LogP contribution in [0.15, 0.2) is 21.7 Å². The van der Waals surface area contributed by atoms with Crippen molar-refractivity contribution in [1.82, 2.24) is 34.9 Å². The van der Waals surface area contributed by atoms with Crippen molar-refractivity contribution in [3.63, 3.8) is 0 Å². The van der Waals surface area contributed by atoms with Gasteiger partial charge in [0.1, 0.15) is 23.5 Å². The molecule has 1 aliphatic heterocycles. The van der Waals surface area contributed by atoms with Crippen molar-refractivity contribution in [2.24, 2.45) is 21.6 Å². The third-order valence-electron chi connectivity index (χ3n) is 6.12. The fourth-order valence-electron chi connectivity index (χ4n) is 3.74. The number of β-lactam (4-membered cyclic amide) rings is 1. The van der Waals surface area contributed by atoms with Crippen LogP contribution in [0.3, 0.4) is 0 Å². The van der Waals surface area contributed by atoms with E-state index >= 15 is 0 Å². The van der Waals surface area contributed by atoms with Crippen LogP contribution in [0.2, 0.25) is 0 Å². The van der Waals surface area contributed by atoms with Gasteiger partial charge in [0.2, 0.25) is 5.60 Å². The number of aliphatic carboxylic acids is 1. The highest BCUT2D eigenvalue weighted by atomic mass is 32.2. The lowest BCUT2D eigenvalue weighted by Gasteiger charge is -2.43. The minimum atomic E-state index is -5.02. The molecule has 2 amide bonds. The lowest BCUT2D eigenvalue weighted by molar-refractivity contribution is -0.153. The van der Waals surface area contributed by atoms with Crippen molar-refractivity contribution in [2.45, 2.75) is 50.0 Å². The second kappa shape index (κ2) is 12.2. The van der Waals surface area contributed by atoms with Gasteiger partial charge >= 0.3 is 16.3 Å². The molecule has 2 aliphatic rings. The molecule has 228 valence electrons. The molecule has 10 N–H and O–H groups in total. The Morgan fingerprint density at radius 3 is 2.67 bits per heavy atom. The number of carboxylic acids is 1. The minimum Gasteiger partial charge on any atom is -0.478 e. The molecule has 0 bridgehead atoms. The molecule has 1 unspecified atom stereocenters. The number of carbonyl (C=O) groups excluding carboxylic acids is 2. The summed E-state index contributed by atoms with van der Waals surface area (Å²) in [5.41, 5.74) is 15.0. The maximum atomic E-state index is 13.2. The number of hydrogen-bond donors (Lipinski definition) is 7. The van der Waals surface area contributed by atoms with E-state index in [1.807, 2.05) is 0 Å². The topological polar surface area (TPSA) is 309 Å². The maximum Gasteiger partial charge on any atom is 0.362 e. The van der Waals surface area contributed by atoms with Crippen LogP contribution in [-0.2, 0) is 42.6 Å². The summed E-state index contributed by atoms with van der Waals surface area (Å²) in [4.78, 5) is 51.6. The van der Waals surface area contributed by atoms with E-state index < -0.39 is 51.5 Å². The second-order valence-electron chi connectivity index (χ2n) is 9.19. The van der Waals surface area contributed by atoms with Crippen LogP contribution in [0.25, 0.3) is 0 Å². The van der Waals surface area contributed by atoms with Gasteiger partial charge in [-0.2, -0.15) is 23.4 Å². The van der Waals surface area contributed by atoms with Crippen molar-refractivity contribution in [1.29, 1.82) is 0 Å². The van der Waals surface area contributed by atoms with Gasteiger partial charge in [-0.3, -0.25) is 14.1 Å². The van der Waals surface area contributed by atoms with E-state index in [0.717, 1.165) is 16.1 Å². The van der Waals surface area contributed by atoms with Gasteiger partial charge in [0, 0.05) is 24.8 Å². The Hall–Kier alpha value is -4.41. The smallest absolute Gasteiger partial charge is 0.362 e. The lowest BCUT2D eigenvalue weighted by Crippen LogP contribution is -2.73. The van der Waals surface area contributed by atoms with Crippen molar-refractivity contribution in [3.8, 4) is 0 Å². The van der Waals surface area contributed by atoms with Gasteiger partial charge in [-0.1, -0.05) is 5.16 Å². The first-order chi connectivity index (χ1) is 19.8. The van der Waals surface area contributed by atoms with Crippen molar-refractivity contribution >= 4 is 56.2 Å². The van der Waals surface area contributed by atoms with E-state index in [2.05, 4.69) is 36.0 Å². The summed E-state index contributed by atoms with van der Waals surface area (Å²) in [5, 5.41) is 27.9. The number of carboxylic acid groups (broad SMARTS) is 1. The van der Waals surface area contributed by atoms with E-state index in [4.69, 9.17) is 22.0 Å². The number of oxime groups is 1. The lowest BCUT2D eigenvalue weighted by atomic mass is 9.98. The molecule has 4 rings (SSSR count). The highest BCUT2D eigenvalue weighted by molar-refractivity contribution is 7.84. The standard InChI is InChI=1S/C20H28N12O8S2/c21-4-1-5-24-18(22)25-6-10-7-26-31(29-10)8-12-14(16(34)32(12)42(37,38)39)28-15(33)13(11-9-41-19(23)27-11)30-40-20(2-3-20)17(35)36/h7,9,12,14H,1-6,8,21H2,(H2,23,27)(H,28,33)(H,35,36)(H3,22,24,25)(H,37,38,39)/b30-13-/t12-,14?/m0/s1. The van der Waals surface area contributed by atoms with Gasteiger partial charge in [0.05, 0.1) is 19.3 Å². The number of rotatable bonds is 14. The quantitative estimate of drug-likeness (QED) is 0.0268. The van der Waals surface area contributed by atoms with E-state index in [1.165, 1.54) is 11.6 Å². The zero-order valence-electron chi connectivity index (χ0n) is 21.8. The average molecular weight is 629 g/mol. The first-order valence-electron chi connectivity index (χ1n) is 12.3. The van der Waals surface area contributed by atoms with Crippen molar-refractivity contribution in [2.75, 3.05) is 18.8 Å². The van der Waals surface area contributed by atoms with Gasteiger partial charge < -0.3 is 37.8 Å². The molecule has 1 aliphatic carbocycles. The second-order valence-corrected chi connectivity index (χ2v) is 11.4. The summed E-state index contributed by atoms with van der Waals surface area (Å²) >= 11 is 0.964. The SMILES string of the molecule is NCCCNC(N)=NCc1cnn(C[C@H]2C(NC(=O)/C(=N\OC3(C(=O)O)CC3)c3csc(N)n3)C(=O)N2S(=O)(=O)O)n1. The summed E-state index contributed by atoms with van der Waals surface area (Å²) < 4.78 is 33.6. The van der Waals surface area contributed by atoms with Crippen LogP contribution in [-0.4, -0.2) is 103 Å².